The van der Waals surface area contributed by atoms with Gasteiger partial charge >= 0.3 is 0 Å². The van der Waals surface area contributed by atoms with Gasteiger partial charge in [-0.3, -0.25) is 4.79 Å². The SMILES string of the molecule is CN(CC1CNCCO1)C(=O)c1csc2ccccc12. The number of ether oxygens (including phenoxy) is 1. The molecule has 1 saturated heterocycles. The minimum absolute atomic E-state index is 0.0663. The van der Waals surface area contributed by atoms with Crippen molar-refractivity contribution in [3.63, 3.8) is 0 Å². The Bertz CT molecular complexity index is 605. The summed E-state index contributed by atoms with van der Waals surface area (Å²) in [6, 6.07) is 8.02. The number of nitrogens with zero attached hydrogens (tertiary/aromatic N) is 1. The molecular weight excluding hydrogens is 272 g/mol. The third-order valence-corrected chi connectivity index (χ3v) is 4.50. The van der Waals surface area contributed by atoms with Gasteiger partial charge in [-0.25, -0.2) is 0 Å². The minimum atomic E-state index is 0.0663. The van der Waals surface area contributed by atoms with E-state index in [9.17, 15) is 4.79 Å². The van der Waals surface area contributed by atoms with Gasteiger partial charge in [-0.15, -0.1) is 11.3 Å². The van der Waals surface area contributed by atoms with Crippen LogP contribution in [0.4, 0.5) is 0 Å². The molecule has 1 unspecified atom stereocenters. The Balaban J connectivity index is 1.74. The lowest BCUT2D eigenvalue weighted by atomic mass is 10.1. The fraction of sp³-hybridized carbons (Fsp3) is 0.400. The van der Waals surface area contributed by atoms with Gasteiger partial charge in [0.15, 0.2) is 0 Å². The molecule has 5 heteroatoms. The molecule has 1 aliphatic heterocycles. The zero-order valence-electron chi connectivity index (χ0n) is 11.5. The lowest BCUT2D eigenvalue weighted by Crippen LogP contribution is -2.45. The Labute approximate surface area is 122 Å². The maximum absolute atomic E-state index is 12.6. The van der Waals surface area contributed by atoms with Crippen LogP contribution in [0, 0.1) is 0 Å². The molecule has 1 aliphatic rings. The fourth-order valence-corrected chi connectivity index (χ4v) is 3.41. The highest BCUT2D eigenvalue weighted by Crippen LogP contribution is 2.26. The van der Waals surface area contributed by atoms with Gasteiger partial charge in [-0.2, -0.15) is 0 Å². The molecule has 1 fully saturated rings. The molecule has 1 atom stereocenters. The normalized spacial score (nSPS) is 19.1. The summed E-state index contributed by atoms with van der Waals surface area (Å²) in [6.07, 6.45) is 0.0857. The summed E-state index contributed by atoms with van der Waals surface area (Å²) in [7, 11) is 1.84. The fourth-order valence-electron chi connectivity index (χ4n) is 2.47. The van der Waals surface area contributed by atoms with Gasteiger partial charge in [-0.05, 0) is 6.07 Å². The molecule has 0 bridgehead atoms. The number of amides is 1. The van der Waals surface area contributed by atoms with Gasteiger partial charge in [-0.1, -0.05) is 18.2 Å². The molecule has 106 valence electrons. The zero-order chi connectivity index (χ0) is 13.9. The molecule has 20 heavy (non-hydrogen) atoms. The number of rotatable bonds is 3. The Kier molecular flexibility index (Phi) is 4.00. The molecule has 2 heterocycles. The number of hydrogen-bond acceptors (Lipinski definition) is 4. The highest BCUT2D eigenvalue weighted by atomic mass is 32.1. The first-order chi connectivity index (χ1) is 9.75. The molecular formula is C15H18N2O2S. The lowest BCUT2D eigenvalue weighted by molar-refractivity contribution is 0.0104. The molecule has 0 aliphatic carbocycles. The Morgan fingerprint density at radius 3 is 3.15 bits per heavy atom. The van der Waals surface area contributed by atoms with E-state index >= 15 is 0 Å². The third kappa shape index (κ3) is 2.70. The van der Waals surface area contributed by atoms with Crippen molar-refractivity contribution >= 4 is 27.3 Å². The predicted molar refractivity (Wildman–Crippen MR) is 81.4 cm³/mol. The molecule has 1 amide bonds. The van der Waals surface area contributed by atoms with Crippen molar-refractivity contribution in [1.29, 1.82) is 0 Å². The summed E-state index contributed by atoms with van der Waals surface area (Å²) >= 11 is 1.61. The van der Waals surface area contributed by atoms with E-state index in [1.807, 2.05) is 36.7 Å². The zero-order valence-corrected chi connectivity index (χ0v) is 12.3. The van der Waals surface area contributed by atoms with E-state index in [-0.39, 0.29) is 12.0 Å². The molecule has 2 aromatic rings. The number of thiophene rings is 1. The summed E-state index contributed by atoms with van der Waals surface area (Å²) in [4.78, 5) is 14.3. The van der Waals surface area contributed by atoms with E-state index < -0.39 is 0 Å². The maximum atomic E-state index is 12.6. The molecule has 1 aromatic heterocycles. The van der Waals surface area contributed by atoms with Crippen molar-refractivity contribution in [1.82, 2.24) is 10.2 Å². The highest BCUT2D eigenvalue weighted by molar-refractivity contribution is 7.17. The van der Waals surface area contributed by atoms with Gasteiger partial charge in [0.05, 0.1) is 18.3 Å². The molecule has 0 saturated carbocycles. The smallest absolute Gasteiger partial charge is 0.255 e. The number of morpholine rings is 1. The molecule has 3 rings (SSSR count). The van der Waals surface area contributed by atoms with E-state index in [1.54, 1.807) is 16.2 Å². The summed E-state index contributed by atoms with van der Waals surface area (Å²) in [6.45, 7) is 3.04. The van der Waals surface area contributed by atoms with Gasteiger partial charge in [0.2, 0.25) is 0 Å². The molecule has 4 nitrogen and oxygen atoms in total. The average molecular weight is 290 g/mol. The van der Waals surface area contributed by atoms with Crippen molar-refractivity contribution in [2.45, 2.75) is 6.10 Å². The first-order valence-electron chi connectivity index (χ1n) is 6.80. The van der Waals surface area contributed by atoms with Crippen LogP contribution in [0.15, 0.2) is 29.6 Å². The number of nitrogens with one attached hydrogen (secondary N) is 1. The van der Waals surface area contributed by atoms with Crippen LogP contribution in [0.2, 0.25) is 0 Å². The second-order valence-electron chi connectivity index (χ2n) is 5.03. The van der Waals surface area contributed by atoms with Crippen LogP contribution in [-0.2, 0) is 4.74 Å². The first kappa shape index (κ1) is 13.5. The molecule has 0 spiro atoms. The number of likely N-dealkylation sites (N-methyl/N-ethyl adjacent to an activating group) is 1. The standard InChI is InChI=1S/C15H18N2O2S/c1-17(9-11-8-16-6-7-19-11)15(18)13-10-20-14-5-3-2-4-12(13)14/h2-5,10-11,16H,6-9H2,1H3. The maximum Gasteiger partial charge on any atom is 0.255 e. The van der Waals surface area contributed by atoms with Crippen LogP contribution >= 0.6 is 11.3 Å². The highest BCUT2D eigenvalue weighted by Gasteiger charge is 2.21. The quantitative estimate of drug-likeness (QED) is 0.939. The van der Waals surface area contributed by atoms with Crippen molar-refractivity contribution in [2.75, 3.05) is 33.3 Å². The van der Waals surface area contributed by atoms with Crippen molar-refractivity contribution < 1.29 is 9.53 Å². The third-order valence-electron chi connectivity index (χ3n) is 3.54. The minimum Gasteiger partial charge on any atom is -0.374 e. The molecule has 1 aromatic carbocycles. The van der Waals surface area contributed by atoms with Gasteiger partial charge in [0, 0.05) is 42.1 Å². The number of carbonyl (C=O) groups is 1. The molecule has 0 radical (unpaired) electrons. The lowest BCUT2D eigenvalue weighted by Gasteiger charge is -2.28. The number of hydrogen-bond donors (Lipinski definition) is 1. The monoisotopic (exact) mass is 290 g/mol. The van der Waals surface area contributed by atoms with Crippen LogP contribution in [0.3, 0.4) is 0 Å². The average Bonchev–Trinajstić information content (AvgIpc) is 2.91. The number of fused-ring (bicyclic) bond motifs is 1. The van der Waals surface area contributed by atoms with E-state index in [0.29, 0.717) is 13.2 Å². The summed E-state index contributed by atoms with van der Waals surface area (Å²) in [5, 5.41) is 6.27. The van der Waals surface area contributed by atoms with Crippen LogP contribution in [0.5, 0.6) is 0 Å². The Morgan fingerprint density at radius 1 is 1.50 bits per heavy atom. The summed E-state index contributed by atoms with van der Waals surface area (Å²) < 4.78 is 6.80. The van der Waals surface area contributed by atoms with Crippen molar-refractivity contribution in [3.8, 4) is 0 Å². The van der Waals surface area contributed by atoms with Gasteiger partial charge in [0.25, 0.3) is 5.91 Å². The van der Waals surface area contributed by atoms with Crippen molar-refractivity contribution in [3.05, 3.63) is 35.2 Å². The largest absolute Gasteiger partial charge is 0.374 e. The first-order valence-corrected chi connectivity index (χ1v) is 7.67. The van der Waals surface area contributed by atoms with Crippen LogP contribution in [0.25, 0.3) is 10.1 Å². The Morgan fingerprint density at radius 2 is 2.35 bits per heavy atom. The van der Waals surface area contributed by atoms with Crippen LogP contribution in [-0.4, -0.2) is 50.2 Å². The van der Waals surface area contributed by atoms with Gasteiger partial charge < -0.3 is 15.0 Å². The summed E-state index contributed by atoms with van der Waals surface area (Å²) in [5.41, 5.74) is 0.789. The van der Waals surface area contributed by atoms with E-state index in [1.165, 1.54) is 0 Å². The predicted octanol–water partition coefficient (Wildman–Crippen LogP) is 1.96. The van der Waals surface area contributed by atoms with Crippen molar-refractivity contribution in [2.24, 2.45) is 0 Å². The molecule has 1 N–H and O–H groups in total. The van der Waals surface area contributed by atoms with E-state index in [0.717, 1.165) is 28.7 Å². The van der Waals surface area contributed by atoms with E-state index in [2.05, 4.69) is 5.32 Å². The number of benzene rings is 1. The topological polar surface area (TPSA) is 41.6 Å². The Hall–Kier alpha value is -1.43. The van der Waals surface area contributed by atoms with Crippen LogP contribution < -0.4 is 5.32 Å². The van der Waals surface area contributed by atoms with Crippen LogP contribution in [0.1, 0.15) is 10.4 Å². The second-order valence-corrected chi connectivity index (χ2v) is 5.94. The second kappa shape index (κ2) is 5.91. The van der Waals surface area contributed by atoms with Gasteiger partial charge in [0.1, 0.15) is 0 Å². The summed E-state index contributed by atoms with van der Waals surface area (Å²) in [5.74, 6) is 0.0663. The number of carbonyl (C=O) groups excluding carboxylic acids is 1. The van der Waals surface area contributed by atoms with E-state index in [4.69, 9.17) is 4.74 Å².